The van der Waals surface area contributed by atoms with Gasteiger partial charge in [-0.15, -0.1) is 10.2 Å². The standard InChI is InChI=1S/C20H20ClF3N6O/c21-13-5-7-14(8-6-13)30-18(20(22,23)24)15(12-26-30)19(31)25-10-9-17-28-27-16-4-2-1-3-11-29(16)17/h5-8,12H,1-4,9-11H2,(H,25,31). The van der Waals surface area contributed by atoms with Gasteiger partial charge in [0, 0.05) is 31.0 Å². The first kappa shape index (κ1) is 21.4. The SMILES string of the molecule is O=C(NCCc1nnc2n1CCCCC2)c1cnn(-c2ccc(Cl)cc2)c1C(F)(F)F. The van der Waals surface area contributed by atoms with Gasteiger partial charge in [0.05, 0.1) is 17.4 Å². The van der Waals surface area contributed by atoms with Crippen LogP contribution in [-0.2, 0) is 25.6 Å². The topological polar surface area (TPSA) is 77.6 Å². The molecule has 0 saturated carbocycles. The molecule has 0 spiro atoms. The van der Waals surface area contributed by atoms with Crippen LogP contribution < -0.4 is 5.32 Å². The van der Waals surface area contributed by atoms with Gasteiger partial charge >= 0.3 is 6.18 Å². The van der Waals surface area contributed by atoms with Crippen molar-refractivity contribution in [3.05, 3.63) is 58.4 Å². The Hall–Kier alpha value is -2.88. The van der Waals surface area contributed by atoms with Crippen molar-refractivity contribution in [1.82, 2.24) is 29.9 Å². The van der Waals surface area contributed by atoms with Crippen LogP contribution in [0.1, 0.15) is 47.0 Å². The molecule has 2 aromatic heterocycles. The number of halogens is 4. The Morgan fingerprint density at radius 2 is 1.90 bits per heavy atom. The Morgan fingerprint density at radius 3 is 2.65 bits per heavy atom. The van der Waals surface area contributed by atoms with E-state index in [9.17, 15) is 18.0 Å². The third-order valence-electron chi connectivity index (χ3n) is 5.17. The van der Waals surface area contributed by atoms with Gasteiger partial charge in [0.25, 0.3) is 5.91 Å². The molecule has 1 aromatic carbocycles. The largest absolute Gasteiger partial charge is 0.434 e. The van der Waals surface area contributed by atoms with Crippen molar-refractivity contribution in [3.63, 3.8) is 0 Å². The molecule has 0 fully saturated rings. The molecule has 1 aliphatic rings. The Bertz CT molecular complexity index is 1070. The average Bonchev–Trinajstić information content (AvgIpc) is 3.26. The maximum atomic E-state index is 13.8. The molecule has 3 aromatic rings. The van der Waals surface area contributed by atoms with Crippen molar-refractivity contribution in [3.8, 4) is 5.69 Å². The minimum Gasteiger partial charge on any atom is -0.351 e. The van der Waals surface area contributed by atoms with Crippen molar-refractivity contribution < 1.29 is 18.0 Å². The summed E-state index contributed by atoms with van der Waals surface area (Å²) in [5.41, 5.74) is -1.52. The molecule has 164 valence electrons. The summed E-state index contributed by atoms with van der Waals surface area (Å²) in [5, 5.41) is 15.1. The van der Waals surface area contributed by atoms with E-state index in [0.29, 0.717) is 16.1 Å². The number of carbonyl (C=O) groups is 1. The number of benzene rings is 1. The van der Waals surface area contributed by atoms with Crippen molar-refractivity contribution in [2.75, 3.05) is 6.54 Å². The first-order chi connectivity index (χ1) is 14.8. The maximum Gasteiger partial charge on any atom is 0.434 e. The maximum absolute atomic E-state index is 13.8. The highest BCUT2D eigenvalue weighted by molar-refractivity contribution is 6.30. The second-order valence-corrected chi connectivity index (χ2v) is 7.73. The van der Waals surface area contributed by atoms with Crippen molar-refractivity contribution in [2.45, 2.75) is 44.8 Å². The van der Waals surface area contributed by atoms with E-state index in [1.807, 2.05) is 4.57 Å². The molecule has 0 saturated heterocycles. The molecule has 1 aliphatic heterocycles. The highest BCUT2D eigenvalue weighted by Gasteiger charge is 2.40. The van der Waals surface area contributed by atoms with Crippen LogP contribution in [0.4, 0.5) is 13.2 Å². The predicted molar refractivity (Wildman–Crippen MR) is 107 cm³/mol. The van der Waals surface area contributed by atoms with Gasteiger partial charge in [0.1, 0.15) is 11.6 Å². The summed E-state index contributed by atoms with van der Waals surface area (Å²) < 4.78 is 44.0. The van der Waals surface area contributed by atoms with Crippen LogP contribution in [0.25, 0.3) is 5.69 Å². The highest BCUT2D eigenvalue weighted by Crippen LogP contribution is 2.33. The Kier molecular flexibility index (Phi) is 5.99. The summed E-state index contributed by atoms with van der Waals surface area (Å²) in [7, 11) is 0. The van der Waals surface area contributed by atoms with Crippen molar-refractivity contribution >= 4 is 17.5 Å². The van der Waals surface area contributed by atoms with E-state index in [-0.39, 0.29) is 12.2 Å². The van der Waals surface area contributed by atoms with Gasteiger partial charge in [-0.3, -0.25) is 4.79 Å². The molecule has 31 heavy (non-hydrogen) atoms. The molecule has 1 N–H and O–H groups in total. The Morgan fingerprint density at radius 1 is 1.13 bits per heavy atom. The van der Waals surface area contributed by atoms with E-state index < -0.39 is 23.3 Å². The summed E-state index contributed by atoms with van der Waals surface area (Å²) in [6, 6.07) is 5.73. The predicted octanol–water partition coefficient (Wildman–Crippen LogP) is 3.83. The zero-order valence-electron chi connectivity index (χ0n) is 16.5. The van der Waals surface area contributed by atoms with Crippen molar-refractivity contribution in [2.24, 2.45) is 0 Å². The molecule has 3 heterocycles. The van der Waals surface area contributed by atoms with Crippen LogP contribution in [0, 0.1) is 0 Å². The fourth-order valence-corrected chi connectivity index (χ4v) is 3.80. The van der Waals surface area contributed by atoms with Crippen LogP contribution in [0.5, 0.6) is 0 Å². The second-order valence-electron chi connectivity index (χ2n) is 7.29. The molecule has 0 bridgehead atoms. The van der Waals surface area contributed by atoms with E-state index in [1.54, 1.807) is 0 Å². The van der Waals surface area contributed by atoms with E-state index >= 15 is 0 Å². The normalized spacial score (nSPS) is 14.2. The molecule has 11 heteroatoms. The number of hydrogen-bond donors (Lipinski definition) is 1. The lowest BCUT2D eigenvalue weighted by Crippen LogP contribution is -2.29. The number of amides is 1. The molecule has 4 rings (SSSR count). The number of nitrogens with one attached hydrogen (secondary N) is 1. The van der Waals surface area contributed by atoms with Gasteiger partial charge in [-0.05, 0) is 37.1 Å². The highest BCUT2D eigenvalue weighted by atomic mass is 35.5. The third kappa shape index (κ3) is 4.58. The van der Waals surface area contributed by atoms with Gasteiger partial charge in [-0.1, -0.05) is 18.0 Å². The summed E-state index contributed by atoms with van der Waals surface area (Å²) in [5.74, 6) is 0.802. The summed E-state index contributed by atoms with van der Waals surface area (Å²) in [6.45, 7) is 0.956. The van der Waals surface area contributed by atoms with E-state index in [1.165, 1.54) is 24.3 Å². The molecular weight excluding hydrogens is 433 g/mol. The summed E-state index contributed by atoms with van der Waals surface area (Å²) >= 11 is 5.81. The number of fused-ring (bicyclic) bond motifs is 1. The van der Waals surface area contributed by atoms with Gasteiger partial charge < -0.3 is 9.88 Å². The Labute approximate surface area is 181 Å². The molecule has 7 nitrogen and oxygen atoms in total. The smallest absolute Gasteiger partial charge is 0.351 e. The first-order valence-corrected chi connectivity index (χ1v) is 10.3. The molecule has 0 atom stereocenters. The van der Waals surface area contributed by atoms with Crippen LogP contribution in [0.3, 0.4) is 0 Å². The van der Waals surface area contributed by atoms with Crippen LogP contribution in [0.2, 0.25) is 5.02 Å². The summed E-state index contributed by atoms with van der Waals surface area (Å²) in [4.78, 5) is 12.6. The molecular formula is C20H20ClF3N6O. The minimum absolute atomic E-state index is 0.139. The lowest BCUT2D eigenvalue weighted by atomic mass is 10.2. The number of carbonyl (C=O) groups excluding carboxylic acids is 1. The molecule has 1 amide bonds. The van der Waals surface area contributed by atoms with Crippen molar-refractivity contribution in [1.29, 1.82) is 0 Å². The number of rotatable bonds is 5. The fraction of sp³-hybridized carbons (Fsp3) is 0.400. The minimum atomic E-state index is -4.77. The van der Waals surface area contributed by atoms with Gasteiger partial charge in [0.15, 0.2) is 5.69 Å². The molecule has 0 unspecified atom stereocenters. The lowest BCUT2D eigenvalue weighted by Gasteiger charge is -2.13. The van der Waals surface area contributed by atoms with E-state index in [4.69, 9.17) is 11.6 Å². The lowest BCUT2D eigenvalue weighted by molar-refractivity contribution is -0.143. The second kappa shape index (κ2) is 8.70. The van der Waals surface area contributed by atoms with E-state index in [0.717, 1.165) is 50.1 Å². The van der Waals surface area contributed by atoms with Crippen LogP contribution >= 0.6 is 11.6 Å². The number of aromatic nitrogens is 5. The summed E-state index contributed by atoms with van der Waals surface area (Å²) in [6.07, 6.45) is 0.611. The number of nitrogens with zero attached hydrogens (tertiary/aromatic N) is 5. The monoisotopic (exact) mass is 452 g/mol. The van der Waals surface area contributed by atoms with Crippen LogP contribution in [0.15, 0.2) is 30.5 Å². The average molecular weight is 453 g/mol. The fourth-order valence-electron chi connectivity index (χ4n) is 3.68. The quantitative estimate of drug-likeness (QED) is 0.638. The van der Waals surface area contributed by atoms with Crippen LogP contribution in [-0.4, -0.2) is 37.0 Å². The molecule has 0 aliphatic carbocycles. The van der Waals surface area contributed by atoms with Gasteiger partial charge in [-0.2, -0.15) is 18.3 Å². The number of hydrogen-bond acceptors (Lipinski definition) is 4. The third-order valence-corrected chi connectivity index (χ3v) is 5.43. The van der Waals surface area contributed by atoms with Gasteiger partial charge in [0.2, 0.25) is 0 Å². The zero-order valence-corrected chi connectivity index (χ0v) is 17.2. The Balaban J connectivity index is 1.50. The number of alkyl halides is 3. The van der Waals surface area contributed by atoms with Gasteiger partial charge in [-0.25, -0.2) is 4.68 Å². The first-order valence-electron chi connectivity index (χ1n) is 9.95. The zero-order chi connectivity index (χ0) is 22.0. The molecule has 0 radical (unpaired) electrons. The number of aryl methyl sites for hydroxylation is 1. The van der Waals surface area contributed by atoms with E-state index in [2.05, 4.69) is 20.6 Å².